The third kappa shape index (κ3) is 3.01. The molecule has 1 atom stereocenters. The maximum atomic E-state index is 13.6. The summed E-state index contributed by atoms with van der Waals surface area (Å²) in [6, 6.07) is 3.75. The number of aliphatic carboxylic acids is 1. The summed E-state index contributed by atoms with van der Waals surface area (Å²) < 4.78 is 13.6. The topological polar surface area (TPSA) is 75.1 Å². The van der Waals surface area contributed by atoms with Gasteiger partial charge in [0.1, 0.15) is 29.5 Å². The average Bonchev–Trinajstić information content (AvgIpc) is 2.38. The molecule has 106 valence electrons. The highest BCUT2D eigenvalue weighted by Crippen LogP contribution is 2.22. The predicted octanol–water partition coefficient (Wildman–Crippen LogP) is 2.68. The number of rotatable bonds is 5. The molecule has 0 radical (unpaired) electrons. The zero-order valence-corrected chi connectivity index (χ0v) is 11.3. The first-order valence-electron chi connectivity index (χ1n) is 6.37. The highest BCUT2D eigenvalue weighted by atomic mass is 19.1. The van der Waals surface area contributed by atoms with E-state index >= 15 is 0 Å². The average molecular weight is 277 g/mol. The Morgan fingerprint density at radius 1 is 1.40 bits per heavy atom. The van der Waals surface area contributed by atoms with Crippen molar-refractivity contribution in [2.24, 2.45) is 5.92 Å². The minimum absolute atomic E-state index is 0.179. The van der Waals surface area contributed by atoms with E-state index in [0.29, 0.717) is 17.6 Å². The fourth-order valence-electron chi connectivity index (χ4n) is 2.02. The van der Waals surface area contributed by atoms with E-state index in [4.69, 9.17) is 0 Å². The molecule has 0 aliphatic rings. The Hall–Kier alpha value is -2.24. The van der Waals surface area contributed by atoms with Gasteiger partial charge in [0, 0.05) is 5.39 Å². The normalized spacial score (nSPS) is 12.6. The highest BCUT2D eigenvalue weighted by Gasteiger charge is 2.20. The molecule has 0 fully saturated rings. The number of benzene rings is 1. The molecule has 1 heterocycles. The van der Waals surface area contributed by atoms with Gasteiger partial charge in [-0.1, -0.05) is 19.9 Å². The number of halogens is 1. The second kappa shape index (κ2) is 5.81. The second-order valence-electron chi connectivity index (χ2n) is 5.02. The van der Waals surface area contributed by atoms with E-state index in [2.05, 4.69) is 15.3 Å². The van der Waals surface area contributed by atoms with Gasteiger partial charge >= 0.3 is 5.97 Å². The van der Waals surface area contributed by atoms with Gasteiger partial charge in [-0.25, -0.2) is 19.2 Å². The van der Waals surface area contributed by atoms with Crippen molar-refractivity contribution in [1.29, 1.82) is 0 Å². The van der Waals surface area contributed by atoms with Gasteiger partial charge in [-0.15, -0.1) is 0 Å². The summed E-state index contributed by atoms with van der Waals surface area (Å²) in [5.41, 5.74) is 0.179. The highest BCUT2D eigenvalue weighted by molar-refractivity contribution is 5.90. The third-order valence-electron chi connectivity index (χ3n) is 2.93. The van der Waals surface area contributed by atoms with Gasteiger partial charge in [0.15, 0.2) is 0 Å². The van der Waals surface area contributed by atoms with Crippen molar-refractivity contribution in [3.63, 3.8) is 0 Å². The van der Waals surface area contributed by atoms with Crippen LogP contribution in [0, 0.1) is 11.7 Å². The van der Waals surface area contributed by atoms with Crippen molar-refractivity contribution in [3.8, 4) is 0 Å². The summed E-state index contributed by atoms with van der Waals surface area (Å²) in [7, 11) is 0. The number of nitrogens with zero attached hydrogens (tertiary/aromatic N) is 2. The van der Waals surface area contributed by atoms with Gasteiger partial charge in [0.2, 0.25) is 0 Å². The van der Waals surface area contributed by atoms with Crippen LogP contribution in [0.3, 0.4) is 0 Å². The molecule has 2 rings (SSSR count). The predicted molar refractivity (Wildman–Crippen MR) is 74.0 cm³/mol. The Balaban J connectivity index is 2.37. The zero-order valence-electron chi connectivity index (χ0n) is 11.3. The number of nitrogens with one attached hydrogen (secondary N) is 1. The SMILES string of the molecule is CC(C)C[C@H](Nc1ncnc2c(F)cccc12)C(=O)O. The van der Waals surface area contributed by atoms with Crippen LogP contribution < -0.4 is 5.32 Å². The summed E-state index contributed by atoms with van der Waals surface area (Å²) >= 11 is 0. The number of hydrogen-bond acceptors (Lipinski definition) is 4. The van der Waals surface area contributed by atoms with E-state index in [1.54, 1.807) is 12.1 Å². The minimum Gasteiger partial charge on any atom is -0.480 e. The number of fused-ring (bicyclic) bond motifs is 1. The molecule has 6 heteroatoms. The summed E-state index contributed by atoms with van der Waals surface area (Å²) in [5.74, 6) is -0.860. The van der Waals surface area contributed by atoms with Crippen LogP contribution in [0.1, 0.15) is 20.3 Å². The van der Waals surface area contributed by atoms with E-state index in [1.807, 2.05) is 13.8 Å². The number of aromatic nitrogens is 2. The lowest BCUT2D eigenvalue weighted by Gasteiger charge is -2.17. The van der Waals surface area contributed by atoms with Crippen LogP contribution in [0.4, 0.5) is 10.2 Å². The summed E-state index contributed by atoms with van der Waals surface area (Å²) in [5, 5.41) is 12.6. The van der Waals surface area contributed by atoms with Gasteiger partial charge in [0.05, 0.1) is 0 Å². The number of para-hydroxylation sites is 1. The third-order valence-corrected chi connectivity index (χ3v) is 2.93. The van der Waals surface area contributed by atoms with Crippen LogP contribution in [-0.4, -0.2) is 27.1 Å². The second-order valence-corrected chi connectivity index (χ2v) is 5.02. The van der Waals surface area contributed by atoms with Crippen molar-refractivity contribution < 1.29 is 14.3 Å². The smallest absolute Gasteiger partial charge is 0.326 e. The largest absolute Gasteiger partial charge is 0.480 e. The lowest BCUT2D eigenvalue weighted by molar-refractivity contribution is -0.138. The van der Waals surface area contributed by atoms with Gasteiger partial charge in [-0.3, -0.25) is 0 Å². The van der Waals surface area contributed by atoms with Crippen LogP contribution in [0.5, 0.6) is 0 Å². The number of carboxylic acids is 1. The molecular weight excluding hydrogens is 261 g/mol. The lowest BCUT2D eigenvalue weighted by atomic mass is 10.0. The number of hydrogen-bond donors (Lipinski definition) is 2. The van der Waals surface area contributed by atoms with Crippen molar-refractivity contribution in [3.05, 3.63) is 30.3 Å². The number of carboxylic acid groups (broad SMARTS) is 1. The van der Waals surface area contributed by atoms with E-state index in [1.165, 1.54) is 12.4 Å². The van der Waals surface area contributed by atoms with E-state index < -0.39 is 17.8 Å². The Morgan fingerprint density at radius 2 is 2.15 bits per heavy atom. The minimum atomic E-state index is -0.957. The molecular formula is C14H16FN3O2. The number of carbonyl (C=O) groups is 1. The first-order chi connectivity index (χ1) is 9.49. The first-order valence-corrected chi connectivity index (χ1v) is 6.37. The van der Waals surface area contributed by atoms with Crippen molar-refractivity contribution in [1.82, 2.24) is 9.97 Å². The van der Waals surface area contributed by atoms with Gasteiger partial charge in [-0.2, -0.15) is 0 Å². The summed E-state index contributed by atoms with van der Waals surface area (Å²) in [6.07, 6.45) is 1.68. The molecule has 0 amide bonds. The number of anilines is 1. The molecule has 0 unspecified atom stereocenters. The molecule has 1 aromatic heterocycles. The van der Waals surface area contributed by atoms with Crippen LogP contribution in [0.15, 0.2) is 24.5 Å². The van der Waals surface area contributed by atoms with Crippen LogP contribution in [0.2, 0.25) is 0 Å². The molecule has 2 aromatic rings. The maximum Gasteiger partial charge on any atom is 0.326 e. The Kier molecular flexibility index (Phi) is 4.12. The molecule has 0 saturated heterocycles. The van der Waals surface area contributed by atoms with Crippen LogP contribution in [0.25, 0.3) is 10.9 Å². The Bertz CT molecular complexity index is 631. The van der Waals surface area contributed by atoms with E-state index in [9.17, 15) is 14.3 Å². The van der Waals surface area contributed by atoms with Gasteiger partial charge in [-0.05, 0) is 24.5 Å². The maximum absolute atomic E-state index is 13.6. The summed E-state index contributed by atoms with van der Waals surface area (Å²) in [4.78, 5) is 19.2. The fourth-order valence-corrected chi connectivity index (χ4v) is 2.02. The van der Waals surface area contributed by atoms with E-state index in [0.717, 1.165) is 0 Å². The first kappa shape index (κ1) is 14.2. The van der Waals surface area contributed by atoms with Crippen molar-refractivity contribution in [2.45, 2.75) is 26.3 Å². The summed E-state index contributed by atoms with van der Waals surface area (Å²) in [6.45, 7) is 3.88. The van der Waals surface area contributed by atoms with Crippen molar-refractivity contribution >= 4 is 22.7 Å². The Labute approximate surface area is 115 Å². The van der Waals surface area contributed by atoms with Crippen LogP contribution in [-0.2, 0) is 4.79 Å². The molecule has 0 bridgehead atoms. The lowest BCUT2D eigenvalue weighted by Crippen LogP contribution is -2.31. The zero-order chi connectivity index (χ0) is 14.7. The molecule has 0 spiro atoms. The van der Waals surface area contributed by atoms with E-state index in [-0.39, 0.29) is 11.4 Å². The fraction of sp³-hybridized carbons (Fsp3) is 0.357. The van der Waals surface area contributed by atoms with Gasteiger partial charge in [0.25, 0.3) is 0 Å². The monoisotopic (exact) mass is 277 g/mol. The van der Waals surface area contributed by atoms with Crippen molar-refractivity contribution in [2.75, 3.05) is 5.32 Å². The molecule has 0 saturated carbocycles. The molecule has 0 aliphatic heterocycles. The van der Waals surface area contributed by atoms with Gasteiger partial charge < -0.3 is 10.4 Å². The molecule has 20 heavy (non-hydrogen) atoms. The van der Waals surface area contributed by atoms with Crippen LogP contribution >= 0.6 is 0 Å². The molecule has 5 nitrogen and oxygen atoms in total. The molecule has 1 aromatic carbocycles. The molecule has 0 aliphatic carbocycles. The standard InChI is InChI=1S/C14H16FN3O2/c1-8(2)6-11(14(19)20)18-13-9-4-3-5-10(15)12(9)16-7-17-13/h3-5,7-8,11H,6H2,1-2H3,(H,19,20)(H,16,17,18)/t11-/m0/s1. The Morgan fingerprint density at radius 3 is 2.80 bits per heavy atom. The molecule has 2 N–H and O–H groups in total. The quantitative estimate of drug-likeness (QED) is 0.878.